The molecule has 7 nitrogen and oxygen atoms in total. The Kier molecular flexibility index (Phi) is 10.7. The first-order valence-electron chi connectivity index (χ1n) is 9.70. The van der Waals surface area contributed by atoms with E-state index in [1.54, 1.807) is 0 Å². The molecule has 0 fully saturated rings. The van der Waals surface area contributed by atoms with Crippen LogP contribution < -0.4 is 16.0 Å². The van der Waals surface area contributed by atoms with E-state index in [1.807, 2.05) is 52.1 Å². The number of aromatic nitrogens is 1. The first kappa shape index (κ1) is 24.9. The van der Waals surface area contributed by atoms with Gasteiger partial charge in [0, 0.05) is 31.2 Å². The second kappa shape index (κ2) is 12.5. The molecule has 0 radical (unpaired) electrons. The number of nitrogens with zero attached hydrogens (tertiary/aromatic N) is 2. The summed E-state index contributed by atoms with van der Waals surface area (Å²) in [5.74, 6) is 0.731. The van der Waals surface area contributed by atoms with Crippen LogP contribution in [-0.2, 0) is 11.3 Å². The number of halogens is 1. The number of guanidine groups is 1. The van der Waals surface area contributed by atoms with E-state index in [0.717, 1.165) is 35.4 Å². The van der Waals surface area contributed by atoms with Gasteiger partial charge in [-0.3, -0.25) is 4.98 Å². The van der Waals surface area contributed by atoms with Gasteiger partial charge in [0.1, 0.15) is 5.60 Å². The molecule has 0 atom stereocenters. The molecule has 0 saturated carbocycles. The van der Waals surface area contributed by atoms with E-state index in [4.69, 9.17) is 4.74 Å². The fourth-order valence-electron chi connectivity index (χ4n) is 2.60. The molecule has 1 amide bonds. The number of rotatable bonds is 7. The molecule has 1 aromatic carbocycles. The van der Waals surface area contributed by atoms with Gasteiger partial charge in [0.15, 0.2) is 5.96 Å². The van der Waals surface area contributed by atoms with Gasteiger partial charge in [-0.15, -0.1) is 24.0 Å². The van der Waals surface area contributed by atoms with E-state index in [-0.39, 0.29) is 24.0 Å². The number of alkyl carbamates (subject to hydrolysis) is 1. The molecule has 0 aliphatic rings. The fraction of sp³-hybridized carbons (Fsp3) is 0.476. The maximum Gasteiger partial charge on any atom is 0.407 e. The quantitative estimate of drug-likeness (QED) is 0.227. The lowest BCUT2D eigenvalue weighted by Crippen LogP contribution is -2.39. The minimum absolute atomic E-state index is 0. The number of pyridine rings is 1. The van der Waals surface area contributed by atoms with E-state index in [9.17, 15) is 4.79 Å². The highest BCUT2D eigenvalue weighted by Gasteiger charge is 2.15. The summed E-state index contributed by atoms with van der Waals surface area (Å²) in [6, 6.07) is 10.2. The van der Waals surface area contributed by atoms with Crippen molar-refractivity contribution in [3.8, 4) is 0 Å². The van der Waals surface area contributed by atoms with Gasteiger partial charge in [0.25, 0.3) is 0 Å². The summed E-state index contributed by atoms with van der Waals surface area (Å²) in [7, 11) is 0. The van der Waals surface area contributed by atoms with E-state index in [1.165, 1.54) is 0 Å². The number of amides is 1. The van der Waals surface area contributed by atoms with Crippen molar-refractivity contribution in [3.05, 3.63) is 42.2 Å². The lowest BCUT2D eigenvalue weighted by atomic mass is 10.1. The highest BCUT2D eigenvalue weighted by Crippen LogP contribution is 2.16. The predicted molar refractivity (Wildman–Crippen MR) is 129 cm³/mol. The van der Waals surface area contributed by atoms with Crippen LogP contribution in [0.1, 0.15) is 39.8 Å². The summed E-state index contributed by atoms with van der Waals surface area (Å²) >= 11 is 0. The number of carbonyl (C=O) groups excluding carboxylic acids is 1. The smallest absolute Gasteiger partial charge is 0.407 e. The van der Waals surface area contributed by atoms with Crippen molar-refractivity contribution in [3.63, 3.8) is 0 Å². The first-order valence-corrected chi connectivity index (χ1v) is 9.70. The molecular formula is C21H32IN5O2. The fourth-order valence-corrected chi connectivity index (χ4v) is 2.60. The van der Waals surface area contributed by atoms with Gasteiger partial charge in [-0.25, -0.2) is 9.79 Å². The van der Waals surface area contributed by atoms with Crippen LogP contribution in [0.25, 0.3) is 10.8 Å². The number of benzene rings is 1. The maximum absolute atomic E-state index is 11.6. The van der Waals surface area contributed by atoms with Gasteiger partial charge < -0.3 is 20.7 Å². The largest absolute Gasteiger partial charge is 0.444 e. The minimum Gasteiger partial charge on any atom is -0.444 e. The van der Waals surface area contributed by atoms with Crippen LogP contribution in [0, 0.1) is 0 Å². The molecule has 0 aliphatic heterocycles. The number of nitrogens with one attached hydrogen (secondary N) is 3. The van der Waals surface area contributed by atoms with E-state index < -0.39 is 11.7 Å². The molecule has 0 saturated heterocycles. The Hall–Kier alpha value is -2.10. The van der Waals surface area contributed by atoms with Crippen LogP contribution in [0.4, 0.5) is 4.79 Å². The topological polar surface area (TPSA) is 87.6 Å². The molecule has 1 aromatic heterocycles. The van der Waals surface area contributed by atoms with Crippen LogP contribution >= 0.6 is 24.0 Å². The van der Waals surface area contributed by atoms with Crippen LogP contribution in [0.2, 0.25) is 0 Å². The average Bonchev–Trinajstić information content (AvgIpc) is 2.64. The Balaban J connectivity index is 0.00000420. The van der Waals surface area contributed by atoms with Crippen LogP contribution in [-0.4, -0.2) is 42.3 Å². The molecule has 0 bridgehead atoms. The van der Waals surface area contributed by atoms with Crippen molar-refractivity contribution < 1.29 is 9.53 Å². The number of ether oxygens (including phenoxy) is 1. The number of hydrogen-bond acceptors (Lipinski definition) is 4. The highest BCUT2D eigenvalue weighted by molar-refractivity contribution is 14.0. The van der Waals surface area contributed by atoms with Gasteiger partial charge in [0.05, 0.1) is 12.2 Å². The monoisotopic (exact) mass is 513 g/mol. The Morgan fingerprint density at radius 2 is 1.83 bits per heavy atom. The minimum atomic E-state index is -0.483. The zero-order chi connectivity index (χ0) is 20.4. The highest BCUT2D eigenvalue weighted by atomic mass is 127. The van der Waals surface area contributed by atoms with Gasteiger partial charge in [-0.1, -0.05) is 24.3 Å². The second-order valence-corrected chi connectivity index (χ2v) is 7.38. The molecule has 160 valence electrons. The van der Waals surface area contributed by atoms with Crippen molar-refractivity contribution in [2.24, 2.45) is 4.99 Å². The Morgan fingerprint density at radius 3 is 2.55 bits per heavy atom. The molecule has 29 heavy (non-hydrogen) atoms. The van der Waals surface area contributed by atoms with E-state index in [0.29, 0.717) is 19.6 Å². The Morgan fingerprint density at radius 1 is 1.10 bits per heavy atom. The molecule has 8 heteroatoms. The van der Waals surface area contributed by atoms with E-state index >= 15 is 0 Å². The van der Waals surface area contributed by atoms with Crippen molar-refractivity contribution in [2.75, 3.05) is 19.6 Å². The summed E-state index contributed by atoms with van der Waals surface area (Å²) in [6.07, 6.45) is 2.18. The Bertz CT molecular complexity index is 800. The first-order chi connectivity index (χ1) is 13.4. The van der Waals surface area contributed by atoms with E-state index in [2.05, 4.69) is 38.1 Å². The van der Waals surface area contributed by atoms with Crippen molar-refractivity contribution >= 4 is 46.8 Å². The van der Waals surface area contributed by atoms with Gasteiger partial charge in [0.2, 0.25) is 0 Å². The SMILES string of the molecule is CCNC(=NCc1nccc2ccccc12)NCCCNC(=O)OC(C)(C)C.I. The van der Waals surface area contributed by atoms with Gasteiger partial charge >= 0.3 is 6.09 Å². The maximum atomic E-state index is 11.6. The van der Waals surface area contributed by atoms with Crippen LogP contribution in [0.3, 0.4) is 0 Å². The lowest BCUT2D eigenvalue weighted by molar-refractivity contribution is 0.0527. The summed E-state index contributed by atoms with van der Waals surface area (Å²) < 4.78 is 5.21. The number of aliphatic imine (C=N–C) groups is 1. The molecule has 2 rings (SSSR count). The molecule has 1 heterocycles. The standard InChI is InChI=1S/C21H31N5O2.HI/c1-5-22-19(24-12-8-13-25-20(27)28-21(2,3)4)26-15-18-17-10-7-6-9-16(17)11-14-23-18;/h6-7,9-11,14H,5,8,12-13,15H2,1-4H3,(H,25,27)(H2,22,24,26);1H. The molecule has 0 spiro atoms. The molecule has 3 N–H and O–H groups in total. The third-order valence-corrected chi connectivity index (χ3v) is 3.80. The van der Waals surface area contributed by atoms with Gasteiger partial charge in [-0.05, 0) is 45.6 Å². The summed E-state index contributed by atoms with van der Waals surface area (Å²) in [5, 5.41) is 11.5. The normalized spacial score (nSPS) is 11.5. The molecule has 2 aromatic rings. The Labute approximate surface area is 190 Å². The molecular weight excluding hydrogens is 481 g/mol. The molecule has 0 aliphatic carbocycles. The summed E-state index contributed by atoms with van der Waals surface area (Å²) in [6.45, 7) is 10.0. The van der Waals surface area contributed by atoms with Crippen LogP contribution in [0.5, 0.6) is 0 Å². The number of carbonyl (C=O) groups is 1. The van der Waals surface area contributed by atoms with Crippen molar-refractivity contribution in [2.45, 2.75) is 46.3 Å². The predicted octanol–water partition coefficient (Wildman–Crippen LogP) is 3.82. The van der Waals surface area contributed by atoms with Crippen molar-refractivity contribution in [1.82, 2.24) is 20.9 Å². The summed E-state index contributed by atoms with van der Waals surface area (Å²) in [4.78, 5) is 20.7. The lowest BCUT2D eigenvalue weighted by Gasteiger charge is -2.19. The van der Waals surface area contributed by atoms with Gasteiger partial charge in [-0.2, -0.15) is 0 Å². The number of fused-ring (bicyclic) bond motifs is 1. The zero-order valence-corrected chi connectivity index (χ0v) is 19.9. The second-order valence-electron chi connectivity index (χ2n) is 7.38. The van der Waals surface area contributed by atoms with Crippen molar-refractivity contribution in [1.29, 1.82) is 0 Å². The molecule has 0 unspecified atom stereocenters. The zero-order valence-electron chi connectivity index (χ0n) is 17.6. The number of hydrogen-bond donors (Lipinski definition) is 3. The van der Waals surface area contributed by atoms with Crippen LogP contribution in [0.15, 0.2) is 41.5 Å². The third-order valence-electron chi connectivity index (χ3n) is 3.80. The summed E-state index contributed by atoms with van der Waals surface area (Å²) in [5.41, 5.74) is 0.463. The average molecular weight is 513 g/mol. The third kappa shape index (κ3) is 9.29.